The first-order chi connectivity index (χ1) is 12.6. The summed E-state index contributed by atoms with van der Waals surface area (Å²) >= 11 is 0. The number of amides is 1. The number of H-pyrrole nitrogens is 1. The van der Waals surface area contributed by atoms with E-state index in [0.29, 0.717) is 18.9 Å². The minimum Gasteiger partial charge on any atom is -0.333 e. The summed E-state index contributed by atoms with van der Waals surface area (Å²) in [7, 11) is 0. The molecule has 0 saturated heterocycles. The number of aromatic amines is 1. The molecule has 0 saturated carbocycles. The predicted octanol–water partition coefficient (Wildman–Crippen LogP) is 2.43. The van der Waals surface area contributed by atoms with Gasteiger partial charge in [0.1, 0.15) is 6.04 Å². The number of carbonyl (C=O) groups is 1. The third kappa shape index (κ3) is 2.69. The molecule has 134 valence electrons. The quantitative estimate of drug-likeness (QED) is 0.784. The first-order valence-corrected chi connectivity index (χ1v) is 8.84. The van der Waals surface area contributed by atoms with Gasteiger partial charge in [0.25, 0.3) is 0 Å². The summed E-state index contributed by atoms with van der Waals surface area (Å²) in [5.41, 5.74) is 3.96. The van der Waals surface area contributed by atoms with E-state index >= 15 is 0 Å². The van der Waals surface area contributed by atoms with Crippen LogP contribution in [-0.2, 0) is 17.8 Å². The second-order valence-corrected chi connectivity index (χ2v) is 6.79. The molecule has 1 N–H and O–H groups in total. The van der Waals surface area contributed by atoms with E-state index in [2.05, 4.69) is 32.5 Å². The van der Waals surface area contributed by atoms with Crippen LogP contribution >= 0.6 is 0 Å². The summed E-state index contributed by atoms with van der Waals surface area (Å²) < 4.78 is 1.95. The van der Waals surface area contributed by atoms with Crippen LogP contribution in [0.4, 0.5) is 0 Å². The maximum Gasteiger partial charge on any atom is 0.245 e. The smallest absolute Gasteiger partial charge is 0.245 e. The van der Waals surface area contributed by atoms with Crippen LogP contribution in [-0.4, -0.2) is 42.3 Å². The Morgan fingerprint density at radius 2 is 1.96 bits per heavy atom. The summed E-state index contributed by atoms with van der Waals surface area (Å²) in [4.78, 5) is 14.8. The van der Waals surface area contributed by atoms with E-state index in [9.17, 15) is 4.79 Å². The summed E-state index contributed by atoms with van der Waals surface area (Å²) in [6, 6.07) is 9.89. The number of benzene rings is 1. The van der Waals surface area contributed by atoms with Crippen LogP contribution in [0.1, 0.15) is 35.7 Å². The van der Waals surface area contributed by atoms with Crippen molar-refractivity contribution in [2.75, 3.05) is 6.54 Å². The minimum atomic E-state index is -0.326. The first-order valence-electron chi connectivity index (χ1n) is 8.84. The fourth-order valence-electron chi connectivity index (χ4n) is 3.61. The van der Waals surface area contributed by atoms with Crippen molar-refractivity contribution < 1.29 is 4.79 Å². The standard InChI is InChI=1S/C19H22N6O/c1-12-17(13(2)21-20-12)18-23-22-16-11-24(19(26)14(3)25(16)18)10-9-15-7-5-4-6-8-15/h4-8,14H,9-11H2,1-3H3,(H,20,21)/t14-/m0/s1. The maximum atomic E-state index is 12.9. The fourth-order valence-corrected chi connectivity index (χ4v) is 3.61. The van der Waals surface area contributed by atoms with Gasteiger partial charge in [0.05, 0.1) is 17.8 Å². The predicted molar refractivity (Wildman–Crippen MR) is 97.4 cm³/mol. The molecule has 1 aliphatic rings. The Bertz CT molecular complexity index is 923. The zero-order valence-electron chi connectivity index (χ0n) is 15.2. The SMILES string of the molecule is Cc1n[nH]c(C)c1-c1nnc2n1[C@@H](C)C(=O)N(CCc1ccccc1)C2. The number of hydrogen-bond acceptors (Lipinski definition) is 4. The Morgan fingerprint density at radius 3 is 2.65 bits per heavy atom. The highest BCUT2D eigenvalue weighted by Crippen LogP contribution is 2.31. The molecule has 0 fully saturated rings. The van der Waals surface area contributed by atoms with E-state index in [0.717, 1.165) is 29.2 Å². The topological polar surface area (TPSA) is 79.7 Å². The normalized spacial score (nSPS) is 16.8. The summed E-state index contributed by atoms with van der Waals surface area (Å²) in [6.45, 7) is 6.97. The van der Waals surface area contributed by atoms with Crippen molar-refractivity contribution in [3.63, 3.8) is 0 Å². The van der Waals surface area contributed by atoms with E-state index in [1.165, 1.54) is 5.56 Å². The number of aryl methyl sites for hydroxylation is 2. The second-order valence-electron chi connectivity index (χ2n) is 6.79. The van der Waals surface area contributed by atoms with E-state index in [4.69, 9.17) is 0 Å². The number of carbonyl (C=O) groups excluding carboxylic acids is 1. The Morgan fingerprint density at radius 1 is 1.19 bits per heavy atom. The number of fused-ring (bicyclic) bond motifs is 1. The van der Waals surface area contributed by atoms with Gasteiger partial charge in [-0.1, -0.05) is 30.3 Å². The zero-order chi connectivity index (χ0) is 18.3. The average molecular weight is 350 g/mol. The highest BCUT2D eigenvalue weighted by atomic mass is 16.2. The van der Waals surface area contributed by atoms with Crippen LogP contribution in [0.3, 0.4) is 0 Å². The lowest BCUT2D eigenvalue weighted by atomic mass is 10.1. The largest absolute Gasteiger partial charge is 0.333 e. The average Bonchev–Trinajstić information content (AvgIpc) is 3.20. The third-order valence-electron chi connectivity index (χ3n) is 5.02. The lowest BCUT2D eigenvalue weighted by Crippen LogP contribution is -2.42. The number of rotatable bonds is 4. The number of hydrogen-bond donors (Lipinski definition) is 1. The Labute approximate surface area is 152 Å². The van der Waals surface area contributed by atoms with Gasteiger partial charge in [0.15, 0.2) is 11.6 Å². The van der Waals surface area contributed by atoms with E-state index in [1.54, 1.807) is 0 Å². The van der Waals surface area contributed by atoms with E-state index in [1.807, 2.05) is 48.4 Å². The van der Waals surface area contributed by atoms with Gasteiger partial charge in [-0.15, -0.1) is 10.2 Å². The van der Waals surface area contributed by atoms with E-state index < -0.39 is 0 Å². The van der Waals surface area contributed by atoms with Gasteiger partial charge in [-0.3, -0.25) is 14.5 Å². The molecule has 0 radical (unpaired) electrons. The highest BCUT2D eigenvalue weighted by molar-refractivity contribution is 5.82. The van der Waals surface area contributed by atoms with Crippen molar-refractivity contribution >= 4 is 5.91 Å². The molecular formula is C19H22N6O. The summed E-state index contributed by atoms with van der Waals surface area (Å²) in [6.07, 6.45) is 0.834. The molecule has 0 unspecified atom stereocenters. The first kappa shape index (κ1) is 16.5. The van der Waals surface area contributed by atoms with Gasteiger partial charge in [-0.2, -0.15) is 5.10 Å². The molecule has 3 heterocycles. The van der Waals surface area contributed by atoms with Crippen molar-refractivity contribution in [1.82, 2.24) is 29.9 Å². The van der Waals surface area contributed by atoms with Gasteiger partial charge >= 0.3 is 0 Å². The minimum absolute atomic E-state index is 0.105. The van der Waals surface area contributed by atoms with Gasteiger partial charge in [-0.25, -0.2) is 0 Å². The van der Waals surface area contributed by atoms with Gasteiger partial charge in [-0.05, 0) is 32.8 Å². The van der Waals surface area contributed by atoms with Crippen molar-refractivity contribution in [3.05, 3.63) is 53.1 Å². The number of nitrogens with one attached hydrogen (secondary N) is 1. The van der Waals surface area contributed by atoms with Crippen LogP contribution < -0.4 is 0 Å². The van der Waals surface area contributed by atoms with Crippen molar-refractivity contribution in [1.29, 1.82) is 0 Å². The summed E-state index contributed by atoms with van der Waals surface area (Å²) in [5, 5.41) is 16.0. The number of aromatic nitrogens is 5. The highest BCUT2D eigenvalue weighted by Gasteiger charge is 2.34. The molecule has 1 aliphatic heterocycles. The van der Waals surface area contributed by atoms with Crippen molar-refractivity contribution in [3.8, 4) is 11.4 Å². The van der Waals surface area contributed by atoms with Crippen LogP contribution in [0, 0.1) is 13.8 Å². The van der Waals surface area contributed by atoms with Crippen LogP contribution in [0.25, 0.3) is 11.4 Å². The lowest BCUT2D eigenvalue weighted by Gasteiger charge is -2.32. The lowest BCUT2D eigenvalue weighted by molar-refractivity contribution is -0.136. The molecular weight excluding hydrogens is 328 g/mol. The summed E-state index contributed by atoms with van der Waals surface area (Å²) in [5.74, 6) is 1.64. The Kier molecular flexibility index (Phi) is 4.06. The van der Waals surface area contributed by atoms with Gasteiger partial charge in [0, 0.05) is 12.2 Å². The molecule has 26 heavy (non-hydrogen) atoms. The molecule has 1 atom stereocenters. The Hall–Kier alpha value is -2.96. The monoisotopic (exact) mass is 350 g/mol. The van der Waals surface area contributed by atoms with Gasteiger partial charge in [0.2, 0.25) is 5.91 Å². The fraction of sp³-hybridized carbons (Fsp3) is 0.368. The van der Waals surface area contributed by atoms with Crippen LogP contribution in [0.5, 0.6) is 0 Å². The number of nitrogens with zero attached hydrogens (tertiary/aromatic N) is 5. The van der Waals surface area contributed by atoms with Crippen molar-refractivity contribution in [2.45, 2.75) is 39.8 Å². The maximum absolute atomic E-state index is 12.9. The third-order valence-corrected chi connectivity index (χ3v) is 5.02. The molecule has 3 aromatic rings. The van der Waals surface area contributed by atoms with E-state index in [-0.39, 0.29) is 11.9 Å². The second kappa shape index (κ2) is 6.40. The molecule has 0 bridgehead atoms. The molecule has 0 aliphatic carbocycles. The molecule has 1 amide bonds. The molecule has 2 aromatic heterocycles. The molecule has 1 aromatic carbocycles. The van der Waals surface area contributed by atoms with Crippen molar-refractivity contribution in [2.24, 2.45) is 0 Å². The Balaban J connectivity index is 1.61. The zero-order valence-corrected chi connectivity index (χ0v) is 15.2. The molecule has 0 spiro atoms. The van der Waals surface area contributed by atoms with Crippen LogP contribution in [0.2, 0.25) is 0 Å². The molecule has 4 rings (SSSR count). The molecule has 7 nitrogen and oxygen atoms in total. The van der Waals surface area contributed by atoms with Gasteiger partial charge < -0.3 is 4.90 Å². The molecule has 7 heteroatoms. The van der Waals surface area contributed by atoms with Crippen LogP contribution in [0.15, 0.2) is 30.3 Å².